The van der Waals surface area contributed by atoms with Crippen LogP contribution in [-0.2, 0) is 16.0 Å². The second-order valence-electron chi connectivity index (χ2n) is 4.25. The molecule has 0 spiro atoms. The van der Waals surface area contributed by atoms with Gasteiger partial charge < -0.3 is 10.0 Å². The normalized spacial score (nSPS) is 12.0. The number of carbonyl (C=O) groups excluding carboxylic acids is 1. The van der Waals surface area contributed by atoms with E-state index in [-0.39, 0.29) is 12.3 Å². The molecule has 0 radical (unpaired) electrons. The Morgan fingerprint density at radius 2 is 2.11 bits per heavy atom. The van der Waals surface area contributed by atoms with Crippen LogP contribution in [0.2, 0.25) is 5.02 Å². The fourth-order valence-corrected chi connectivity index (χ4v) is 2.17. The maximum absolute atomic E-state index is 11.9. The highest BCUT2D eigenvalue weighted by Crippen LogP contribution is 2.22. The van der Waals surface area contributed by atoms with Crippen molar-refractivity contribution in [3.8, 4) is 0 Å². The minimum atomic E-state index is -1.01. The zero-order valence-corrected chi connectivity index (χ0v) is 13.0. The van der Waals surface area contributed by atoms with Gasteiger partial charge in [0.25, 0.3) is 0 Å². The Bertz CT molecular complexity index is 493. The summed E-state index contributed by atoms with van der Waals surface area (Å²) in [6.45, 7) is 1.48. The molecule has 0 heterocycles. The third kappa shape index (κ3) is 4.51. The monoisotopic (exact) mass is 347 g/mol. The second kappa shape index (κ2) is 6.91. The molecule has 4 nitrogen and oxygen atoms in total. The number of hydrogen-bond donors (Lipinski definition) is 1. The number of rotatable bonds is 5. The SMILES string of the molecule is CC(C(=O)O)N(C)C(=O)CCc1cc(Cl)ccc1Br. The second-order valence-corrected chi connectivity index (χ2v) is 5.55. The molecule has 1 amide bonds. The fraction of sp³-hybridized carbons (Fsp3) is 0.385. The number of aryl methyl sites for hydroxylation is 1. The Labute approximate surface area is 125 Å². The molecule has 1 unspecified atom stereocenters. The van der Waals surface area contributed by atoms with Gasteiger partial charge in [-0.1, -0.05) is 27.5 Å². The third-order valence-corrected chi connectivity index (χ3v) is 3.96. The van der Waals surface area contributed by atoms with Crippen LogP contribution in [-0.4, -0.2) is 35.0 Å². The topological polar surface area (TPSA) is 57.6 Å². The van der Waals surface area contributed by atoms with Crippen LogP contribution in [0.4, 0.5) is 0 Å². The van der Waals surface area contributed by atoms with Gasteiger partial charge in [-0.15, -0.1) is 0 Å². The molecule has 19 heavy (non-hydrogen) atoms. The van der Waals surface area contributed by atoms with Crippen molar-refractivity contribution in [2.45, 2.75) is 25.8 Å². The molecule has 1 aromatic carbocycles. The summed E-state index contributed by atoms with van der Waals surface area (Å²) in [5, 5.41) is 9.46. The summed E-state index contributed by atoms with van der Waals surface area (Å²) in [5.74, 6) is -1.22. The Balaban J connectivity index is 2.64. The first kappa shape index (κ1) is 16.0. The molecule has 104 valence electrons. The third-order valence-electron chi connectivity index (χ3n) is 2.95. The lowest BCUT2D eigenvalue weighted by Gasteiger charge is -2.21. The number of halogens is 2. The summed E-state index contributed by atoms with van der Waals surface area (Å²) in [4.78, 5) is 23.9. The van der Waals surface area contributed by atoms with Gasteiger partial charge in [0.15, 0.2) is 0 Å². The predicted octanol–water partition coefficient (Wildman–Crippen LogP) is 2.97. The van der Waals surface area contributed by atoms with Gasteiger partial charge in [0.05, 0.1) is 0 Å². The first-order valence-corrected chi connectivity index (χ1v) is 6.92. The van der Waals surface area contributed by atoms with Crippen molar-refractivity contribution >= 4 is 39.4 Å². The van der Waals surface area contributed by atoms with Crippen molar-refractivity contribution < 1.29 is 14.7 Å². The quantitative estimate of drug-likeness (QED) is 0.890. The van der Waals surface area contributed by atoms with Crippen LogP contribution in [0.15, 0.2) is 22.7 Å². The molecule has 1 aromatic rings. The summed E-state index contributed by atoms with van der Waals surface area (Å²) >= 11 is 9.28. The van der Waals surface area contributed by atoms with E-state index >= 15 is 0 Å². The van der Waals surface area contributed by atoms with E-state index in [0.717, 1.165) is 10.0 Å². The largest absolute Gasteiger partial charge is 0.480 e. The highest BCUT2D eigenvalue weighted by molar-refractivity contribution is 9.10. The van der Waals surface area contributed by atoms with E-state index in [1.807, 2.05) is 6.07 Å². The van der Waals surface area contributed by atoms with Crippen LogP contribution < -0.4 is 0 Å². The van der Waals surface area contributed by atoms with Gasteiger partial charge in [-0.05, 0) is 37.1 Å². The van der Waals surface area contributed by atoms with Crippen LogP contribution in [0, 0.1) is 0 Å². The molecule has 1 rings (SSSR count). The smallest absolute Gasteiger partial charge is 0.326 e. The number of carboxylic acids is 1. The van der Waals surface area contributed by atoms with Crippen LogP contribution in [0.1, 0.15) is 18.9 Å². The van der Waals surface area contributed by atoms with Crippen molar-refractivity contribution in [2.24, 2.45) is 0 Å². The molecule has 0 aromatic heterocycles. The standard InChI is InChI=1S/C13H15BrClNO3/c1-8(13(18)19)16(2)12(17)6-3-9-7-10(15)4-5-11(9)14/h4-5,7-8H,3,6H2,1-2H3,(H,18,19). The summed E-state index contributed by atoms with van der Waals surface area (Å²) in [6.07, 6.45) is 0.754. The van der Waals surface area contributed by atoms with E-state index in [2.05, 4.69) is 15.9 Å². The number of likely N-dealkylation sites (N-methyl/N-ethyl adjacent to an activating group) is 1. The number of benzene rings is 1. The van der Waals surface area contributed by atoms with Crippen molar-refractivity contribution in [3.05, 3.63) is 33.3 Å². The van der Waals surface area contributed by atoms with Gasteiger partial charge in [0.1, 0.15) is 6.04 Å². The highest BCUT2D eigenvalue weighted by Gasteiger charge is 2.21. The van der Waals surface area contributed by atoms with Gasteiger partial charge in [0.2, 0.25) is 5.91 Å². The number of carboxylic acid groups (broad SMARTS) is 1. The summed E-state index contributed by atoms with van der Waals surface area (Å²) in [7, 11) is 1.49. The first-order valence-electron chi connectivity index (χ1n) is 5.75. The number of hydrogen-bond acceptors (Lipinski definition) is 2. The molecule has 0 saturated heterocycles. The lowest BCUT2D eigenvalue weighted by atomic mass is 10.1. The summed E-state index contributed by atoms with van der Waals surface area (Å²) in [6, 6.07) is 4.55. The van der Waals surface area contributed by atoms with Gasteiger partial charge in [-0.3, -0.25) is 4.79 Å². The van der Waals surface area contributed by atoms with E-state index < -0.39 is 12.0 Å². The van der Waals surface area contributed by atoms with Gasteiger partial charge in [-0.25, -0.2) is 4.79 Å². The van der Waals surface area contributed by atoms with Crippen LogP contribution >= 0.6 is 27.5 Å². The Morgan fingerprint density at radius 1 is 1.47 bits per heavy atom. The molecule has 0 aliphatic carbocycles. The molecule has 1 atom stereocenters. The van der Waals surface area contributed by atoms with Crippen LogP contribution in [0.3, 0.4) is 0 Å². The lowest BCUT2D eigenvalue weighted by Crippen LogP contribution is -2.40. The average molecular weight is 349 g/mol. The first-order chi connectivity index (χ1) is 8.82. The number of amides is 1. The molecular weight excluding hydrogens is 334 g/mol. The Kier molecular flexibility index (Phi) is 5.82. The zero-order valence-electron chi connectivity index (χ0n) is 10.7. The van der Waals surface area contributed by atoms with Crippen molar-refractivity contribution in [1.29, 1.82) is 0 Å². The Hall–Kier alpha value is -1.07. The molecular formula is C13H15BrClNO3. The minimum Gasteiger partial charge on any atom is -0.480 e. The van der Waals surface area contributed by atoms with Crippen molar-refractivity contribution in [1.82, 2.24) is 4.90 Å². The summed E-state index contributed by atoms with van der Waals surface area (Å²) < 4.78 is 0.888. The zero-order chi connectivity index (χ0) is 14.6. The van der Waals surface area contributed by atoms with Crippen LogP contribution in [0.5, 0.6) is 0 Å². The van der Waals surface area contributed by atoms with Crippen LogP contribution in [0.25, 0.3) is 0 Å². The molecule has 6 heteroatoms. The maximum atomic E-state index is 11.9. The maximum Gasteiger partial charge on any atom is 0.326 e. The number of carbonyl (C=O) groups is 2. The van der Waals surface area contributed by atoms with Crippen molar-refractivity contribution in [2.75, 3.05) is 7.05 Å². The van der Waals surface area contributed by atoms with E-state index in [9.17, 15) is 9.59 Å². The lowest BCUT2D eigenvalue weighted by molar-refractivity contribution is -0.148. The number of nitrogens with zero attached hydrogens (tertiary/aromatic N) is 1. The molecule has 0 bridgehead atoms. The molecule has 0 fully saturated rings. The van der Waals surface area contributed by atoms with E-state index in [4.69, 9.17) is 16.7 Å². The van der Waals surface area contributed by atoms with E-state index in [1.54, 1.807) is 12.1 Å². The Morgan fingerprint density at radius 3 is 2.68 bits per heavy atom. The van der Waals surface area contributed by atoms with Gasteiger partial charge in [0, 0.05) is 23.0 Å². The molecule has 0 aliphatic rings. The van der Waals surface area contributed by atoms with Gasteiger partial charge in [-0.2, -0.15) is 0 Å². The van der Waals surface area contributed by atoms with E-state index in [1.165, 1.54) is 18.9 Å². The summed E-state index contributed by atoms with van der Waals surface area (Å²) in [5.41, 5.74) is 0.928. The predicted molar refractivity (Wildman–Crippen MR) is 77.3 cm³/mol. The highest BCUT2D eigenvalue weighted by atomic mass is 79.9. The molecule has 0 aliphatic heterocycles. The van der Waals surface area contributed by atoms with Gasteiger partial charge >= 0.3 is 5.97 Å². The molecule has 0 saturated carbocycles. The fourth-order valence-electron chi connectivity index (χ4n) is 1.53. The number of aliphatic carboxylic acids is 1. The van der Waals surface area contributed by atoms with E-state index in [0.29, 0.717) is 11.4 Å². The average Bonchev–Trinajstić information content (AvgIpc) is 2.37. The minimum absolute atomic E-state index is 0.207. The van der Waals surface area contributed by atoms with Crippen molar-refractivity contribution in [3.63, 3.8) is 0 Å². The molecule has 1 N–H and O–H groups in total.